The van der Waals surface area contributed by atoms with E-state index in [0.29, 0.717) is 19.4 Å². The quantitative estimate of drug-likeness (QED) is 0.869. The number of ether oxygens (including phenoxy) is 1. The average Bonchev–Trinajstić information content (AvgIpc) is 2.35. The molecule has 0 aromatic heterocycles. The molecular formula is C16H26N2O2. The first kappa shape index (κ1) is 16.5. The van der Waals surface area contributed by atoms with Crippen LogP contribution in [0.4, 0.5) is 0 Å². The molecular weight excluding hydrogens is 252 g/mol. The predicted octanol–water partition coefficient (Wildman–Crippen LogP) is 2.48. The Kier molecular flexibility index (Phi) is 5.57. The van der Waals surface area contributed by atoms with Crippen LogP contribution in [0.3, 0.4) is 0 Å². The van der Waals surface area contributed by atoms with E-state index in [4.69, 9.17) is 10.5 Å². The molecule has 0 aliphatic heterocycles. The predicted molar refractivity (Wildman–Crippen MR) is 81.7 cm³/mol. The van der Waals surface area contributed by atoms with Gasteiger partial charge in [-0.1, -0.05) is 17.7 Å². The monoisotopic (exact) mass is 278 g/mol. The van der Waals surface area contributed by atoms with E-state index >= 15 is 0 Å². The average molecular weight is 278 g/mol. The van der Waals surface area contributed by atoms with Crippen LogP contribution in [0.25, 0.3) is 0 Å². The van der Waals surface area contributed by atoms with Gasteiger partial charge in [-0.2, -0.15) is 0 Å². The summed E-state index contributed by atoms with van der Waals surface area (Å²) in [5, 5.41) is 0. The van der Waals surface area contributed by atoms with Crippen molar-refractivity contribution in [1.82, 2.24) is 4.90 Å². The fourth-order valence-electron chi connectivity index (χ4n) is 1.99. The summed E-state index contributed by atoms with van der Waals surface area (Å²) in [7, 11) is 3.46. The number of methoxy groups -OCH3 is 1. The van der Waals surface area contributed by atoms with Crippen LogP contribution in [0.1, 0.15) is 37.8 Å². The van der Waals surface area contributed by atoms with Crippen molar-refractivity contribution in [2.75, 3.05) is 14.2 Å². The van der Waals surface area contributed by atoms with Crippen molar-refractivity contribution in [3.05, 3.63) is 29.3 Å². The molecule has 0 bridgehead atoms. The maximum atomic E-state index is 12.1. The maximum absolute atomic E-state index is 12.1. The first-order chi connectivity index (χ1) is 9.23. The molecule has 4 heteroatoms. The zero-order chi connectivity index (χ0) is 15.3. The van der Waals surface area contributed by atoms with Crippen molar-refractivity contribution >= 4 is 5.91 Å². The summed E-state index contributed by atoms with van der Waals surface area (Å²) < 4.78 is 5.34. The van der Waals surface area contributed by atoms with Gasteiger partial charge < -0.3 is 15.4 Å². The van der Waals surface area contributed by atoms with Crippen LogP contribution in [0.15, 0.2) is 18.2 Å². The van der Waals surface area contributed by atoms with Crippen molar-refractivity contribution in [2.24, 2.45) is 5.73 Å². The van der Waals surface area contributed by atoms with Crippen LogP contribution in [0.5, 0.6) is 5.75 Å². The van der Waals surface area contributed by atoms with Crippen molar-refractivity contribution < 1.29 is 9.53 Å². The molecule has 1 rings (SSSR count). The first-order valence-corrected chi connectivity index (χ1v) is 6.89. The molecule has 0 aliphatic carbocycles. The van der Waals surface area contributed by atoms with Gasteiger partial charge in [-0.25, -0.2) is 0 Å². The third-order valence-electron chi connectivity index (χ3n) is 3.25. The Labute approximate surface area is 121 Å². The van der Waals surface area contributed by atoms with Gasteiger partial charge >= 0.3 is 0 Å². The van der Waals surface area contributed by atoms with Crippen LogP contribution >= 0.6 is 0 Å². The number of aryl methyl sites for hydroxylation is 1. The van der Waals surface area contributed by atoms with Crippen molar-refractivity contribution in [3.8, 4) is 5.75 Å². The molecule has 2 N–H and O–H groups in total. The van der Waals surface area contributed by atoms with E-state index in [9.17, 15) is 4.79 Å². The van der Waals surface area contributed by atoms with E-state index in [1.165, 1.54) is 0 Å². The molecule has 1 aromatic rings. The molecule has 0 heterocycles. The molecule has 4 nitrogen and oxygen atoms in total. The second-order valence-corrected chi connectivity index (χ2v) is 6.05. The first-order valence-electron chi connectivity index (χ1n) is 6.89. The van der Waals surface area contributed by atoms with Gasteiger partial charge in [0.05, 0.1) is 7.11 Å². The van der Waals surface area contributed by atoms with E-state index < -0.39 is 0 Å². The second-order valence-electron chi connectivity index (χ2n) is 6.05. The van der Waals surface area contributed by atoms with Crippen LogP contribution in [-0.4, -0.2) is 30.5 Å². The van der Waals surface area contributed by atoms with E-state index in [-0.39, 0.29) is 11.4 Å². The highest BCUT2D eigenvalue weighted by Crippen LogP contribution is 2.21. The van der Waals surface area contributed by atoms with Gasteiger partial charge in [0.25, 0.3) is 0 Å². The normalized spacial score (nSPS) is 11.3. The van der Waals surface area contributed by atoms with Gasteiger partial charge in [0.15, 0.2) is 0 Å². The molecule has 112 valence electrons. The number of benzene rings is 1. The van der Waals surface area contributed by atoms with Crippen LogP contribution in [0, 0.1) is 6.92 Å². The molecule has 0 fully saturated rings. The smallest absolute Gasteiger partial charge is 0.222 e. The maximum Gasteiger partial charge on any atom is 0.222 e. The summed E-state index contributed by atoms with van der Waals surface area (Å²) in [5.41, 5.74) is 7.78. The molecule has 1 aromatic carbocycles. The van der Waals surface area contributed by atoms with Gasteiger partial charge in [-0.3, -0.25) is 4.79 Å². The van der Waals surface area contributed by atoms with Gasteiger partial charge in [0.1, 0.15) is 5.75 Å². The van der Waals surface area contributed by atoms with Gasteiger partial charge in [-0.05, 0) is 33.3 Å². The summed E-state index contributed by atoms with van der Waals surface area (Å²) in [6.07, 6.45) is 1.15. The Balaban J connectivity index is 2.68. The van der Waals surface area contributed by atoms with E-state index in [1.54, 1.807) is 12.0 Å². The second kappa shape index (κ2) is 6.75. The number of carbonyl (C=O) groups excluding carboxylic acids is 1. The lowest BCUT2D eigenvalue weighted by Gasteiger charge is -2.22. The number of nitrogens with two attached hydrogens (primary N) is 1. The van der Waals surface area contributed by atoms with Crippen molar-refractivity contribution in [1.29, 1.82) is 0 Å². The van der Waals surface area contributed by atoms with Crippen LogP contribution < -0.4 is 10.5 Å². The lowest BCUT2D eigenvalue weighted by Crippen LogP contribution is -2.35. The number of amides is 1. The summed E-state index contributed by atoms with van der Waals surface area (Å²) in [6, 6.07) is 5.99. The van der Waals surface area contributed by atoms with Crippen molar-refractivity contribution in [2.45, 2.75) is 45.7 Å². The number of nitrogens with zero attached hydrogens (tertiary/aromatic N) is 1. The zero-order valence-corrected chi connectivity index (χ0v) is 13.2. The van der Waals surface area contributed by atoms with Gasteiger partial charge in [0, 0.05) is 31.1 Å². The Bertz CT molecular complexity index is 464. The highest BCUT2D eigenvalue weighted by Gasteiger charge is 2.17. The van der Waals surface area contributed by atoms with E-state index in [1.807, 2.05) is 40.0 Å². The molecule has 0 saturated heterocycles. The summed E-state index contributed by atoms with van der Waals surface area (Å²) >= 11 is 0. The van der Waals surface area contributed by atoms with Crippen LogP contribution in [0.2, 0.25) is 0 Å². The number of hydrogen-bond donors (Lipinski definition) is 1. The molecule has 0 radical (unpaired) electrons. The highest BCUT2D eigenvalue weighted by atomic mass is 16.5. The Morgan fingerprint density at radius 2 is 2.05 bits per heavy atom. The summed E-state index contributed by atoms with van der Waals surface area (Å²) in [4.78, 5) is 13.8. The Morgan fingerprint density at radius 3 is 2.60 bits per heavy atom. The fraction of sp³-hybridized carbons (Fsp3) is 0.562. The van der Waals surface area contributed by atoms with E-state index in [0.717, 1.165) is 16.9 Å². The number of carbonyl (C=O) groups is 1. The highest BCUT2D eigenvalue weighted by molar-refractivity contribution is 5.76. The SMILES string of the molecule is COc1ccc(C)cc1CN(C)C(=O)CCC(C)(C)N. The number of hydrogen-bond acceptors (Lipinski definition) is 3. The zero-order valence-electron chi connectivity index (χ0n) is 13.2. The fourth-order valence-corrected chi connectivity index (χ4v) is 1.99. The lowest BCUT2D eigenvalue weighted by molar-refractivity contribution is -0.130. The molecule has 0 aliphatic rings. The molecule has 0 unspecified atom stereocenters. The molecule has 0 atom stereocenters. The largest absolute Gasteiger partial charge is 0.496 e. The topological polar surface area (TPSA) is 55.6 Å². The van der Waals surface area contributed by atoms with E-state index in [2.05, 4.69) is 6.07 Å². The van der Waals surface area contributed by atoms with Crippen molar-refractivity contribution in [3.63, 3.8) is 0 Å². The standard InChI is InChI=1S/C16H26N2O2/c1-12-6-7-14(20-5)13(10-12)11-18(4)15(19)8-9-16(2,3)17/h6-7,10H,8-9,11,17H2,1-5H3. The lowest BCUT2D eigenvalue weighted by atomic mass is 9.99. The molecule has 1 amide bonds. The molecule has 0 saturated carbocycles. The minimum absolute atomic E-state index is 0.104. The number of rotatable bonds is 6. The van der Waals surface area contributed by atoms with Gasteiger partial charge in [-0.15, -0.1) is 0 Å². The van der Waals surface area contributed by atoms with Gasteiger partial charge in [0.2, 0.25) is 5.91 Å². The third kappa shape index (κ3) is 5.21. The molecule has 0 spiro atoms. The van der Waals surface area contributed by atoms with Crippen LogP contribution in [-0.2, 0) is 11.3 Å². The Morgan fingerprint density at radius 1 is 1.40 bits per heavy atom. The summed E-state index contributed by atoms with van der Waals surface area (Å²) in [6.45, 7) is 6.45. The minimum atomic E-state index is -0.308. The third-order valence-corrected chi connectivity index (χ3v) is 3.25. The molecule has 20 heavy (non-hydrogen) atoms. The Hall–Kier alpha value is -1.55. The summed E-state index contributed by atoms with van der Waals surface area (Å²) in [5.74, 6) is 0.918. The minimum Gasteiger partial charge on any atom is -0.496 e.